The van der Waals surface area contributed by atoms with Gasteiger partial charge in [-0.15, -0.1) is 24.8 Å². The SMILES string of the molecule is CC(CN)c1ccc(C(C)CN)cc1.Cl.Cl. The second-order valence-corrected chi connectivity index (χ2v) is 3.94. The van der Waals surface area contributed by atoms with E-state index in [1.54, 1.807) is 0 Å². The summed E-state index contributed by atoms with van der Waals surface area (Å²) in [4.78, 5) is 0. The second-order valence-electron chi connectivity index (χ2n) is 3.94. The topological polar surface area (TPSA) is 52.0 Å². The quantitative estimate of drug-likeness (QED) is 0.879. The molecule has 4 N–H and O–H groups in total. The summed E-state index contributed by atoms with van der Waals surface area (Å²) in [5.74, 6) is 0.884. The Kier molecular flexibility index (Phi) is 9.98. The molecular formula is C12H22Cl2N2. The molecule has 0 fully saturated rings. The molecule has 0 spiro atoms. The van der Waals surface area contributed by atoms with E-state index in [0.29, 0.717) is 24.9 Å². The molecule has 94 valence electrons. The van der Waals surface area contributed by atoms with Crippen LogP contribution in [0.4, 0.5) is 0 Å². The lowest BCUT2D eigenvalue weighted by molar-refractivity contribution is 0.759. The Bertz CT molecular complexity index is 246. The third-order valence-corrected chi connectivity index (χ3v) is 2.78. The van der Waals surface area contributed by atoms with Crippen LogP contribution in [0.1, 0.15) is 36.8 Å². The fourth-order valence-electron chi connectivity index (χ4n) is 1.43. The average molecular weight is 265 g/mol. The third kappa shape index (κ3) is 4.71. The van der Waals surface area contributed by atoms with E-state index < -0.39 is 0 Å². The first-order chi connectivity index (χ1) is 6.69. The van der Waals surface area contributed by atoms with E-state index in [-0.39, 0.29) is 24.8 Å². The van der Waals surface area contributed by atoms with Crippen molar-refractivity contribution in [1.29, 1.82) is 0 Å². The molecule has 1 rings (SSSR count). The normalized spacial score (nSPS) is 13.2. The predicted octanol–water partition coefficient (Wildman–Crippen LogP) is 2.65. The van der Waals surface area contributed by atoms with Crippen molar-refractivity contribution >= 4 is 24.8 Å². The van der Waals surface area contributed by atoms with Crippen LogP contribution < -0.4 is 11.5 Å². The molecule has 0 saturated heterocycles. The summed E-state index contributed by atoms with van der Waals surface area (Å²) in [5.41, 5.74) is 13.8. The average Bonchev–Trinajstić information content (AvgIpc) is 2.27. The molecule has 1 aromatic carbocycles. The lowest BCUT2D eigenvalue weighted by Crippen LogP contribution is -2.10. The van der Waals surface area contributed by atoms with Gasteiger partial charge in [-0.3, -0.25) is 0 Å². The molecule has 0 aliphatic heterocycles. The van der Waals surface area contributed by atoms with Crippen LogP contribution in [-0.4, -0.2) is 13.1 Å². The monoisotopic (exact) mass is 264 g/mol. The minimum Gasteiger partial charge on any atom is -0.330 e. The predicted molar refractivity (Wildman–Crippen MR) is 75.9 cm³/mol. The lowest BCUT2D eigenvalue weighted by atomic mass is 9.96. The molecule has 0 amide bonds. The van der Waals surface area contributed by atoms with Crippen molar-refractivity contribution in [3.05, 3.63) is 35.4 Å². The molecule has 16 heavy (non-hydrogen) atoms. The maximum Gasteiger partial charge on any atom is -0.00109 e. The lowest BCUT2D eigenvalue weighted by Gasteiger charge is -2.12. The van der Waals surface area contributed by atoms with Gasteiger partial charge in [-0.05, 0) is 36.1 Å². The first kappa shape index (κ1) is 18.1. The van der Waals surface area contributed by atoms with Gasteiger partial charge in [-0.2, -0.15) is 0 Å². The number of rotatable bonds is 4. The van der Waals surface area contributed by atoms with Gasteiger partial charge in [-0.25, -0.2) is 0 Å². The van der Waals surface area contributed by atoms with Gasteiger partial charge in [0.1, 0.15) is 0 Å². The fourth-order valence-corrected chi connectivity index (χ4v) is 1.43. The van der Waals surface area contributed by atoms with E-state index in [0.717, 1.165) is 0 Å². The first-order valence-electron chi connectivity index (χ1n) is 5.19. The summed E-state index contributed by atoms with van der Waals surface area (Å²) in [5, 5.41) is 0. The van der Waals surface area contributed by atoms with Crippen LogP contribution in [0.5, 0.6) is 0 Å². The van der Waals surface area contributed by atoms with E-state index in [1.165, 1.54) is 11.1 Å². The van der Waals surface area contributed by atoms with Gasteiger partial charge >= 0.3 is 0 Å². The molecular weight excluding hydrogens is 243 g/mol. The zero-order valence-corrected chi connectivity index (χ0v) is 11.5. The summed E-state index contributed by atoms with van der Waals surface area (Å²) in [7, 11) is 0. The number of nitrogens with two attached hydrogens (primary N) is 2. The van der Waals surface area contributed by atoms with Gasteiger partial charge in [-0.1, -0.05) is 38.1 Å². The van der Waals surface area contributed by atoms with Crippen molar-refractivity contribution in [2.45, 2.75) is 25.7 Å². The van der Waals surface area contributed by atoms with Gasteiger partial charge < -0.3 is 11.5 Å². The van der Waals surface area contributed by atoms with Crippen molar-refractivity contribution in [3.63, 3.8) is 0 Å². The molecule has 0 radical (unpaired) electrons. The van der Waals surface area contributed by atoms with Crippen LogP contribution in [0, 0.1) is 0 Å². The third-order valence-electron chi connectivity index (χ3n) is 2.78. The summed E-state index contributed by atoms with van der Waals surface area (Å²) < 4.78 is 0. The molecule has 4 heteroatoms. The molecule has 0 heterocycles. The Morgan fingerprint density at radius 1 is 0.812 bits per heavy atom. The molecule has 0 bridgehead atoms. The molecule has 0 aliphatic rings. The molecule has 0 aliphatic carbocycles. The maximum absolute atomic E-state index is 5.61. The highest BCUT2D eigenvalue weighted by Crippen LogP contribution is 2.18. The van der Waals surface area contributed by atoms with Crippen LogP contribution >= 0.6 is 24.8 Å². The Morgan fingerprint density at radius 3 is 1.25 bits per heavy atom. The Balaban J connectivity index is 0. The standard InChI is InChI=1S/C12H20N2.2ClH/c1-9(7-13)11-3-5-12(6-4-11)10(2)8-14;;/h3-6,9-10H,7-8,13-14H2,1-2H3;2*1H. The fraction of sp³-hybridized carbons (Fsp3) is 0.500. The highest BCUT2D eigenvalue weighted by atomic mass is 35.5. The summed E-state index contributed by atoms with van der Waals surface area (Å²) in [6, 6.07) is 8.61. The zero-order valence-electron chi connectivity index (χ0n) is 9.85. The van der Waals surface area contributed by atoms with Gasteiger partial charge in [0.25, 0.3) is 0 Å². The van der Waals surface area contributed by atoms with Gasteiger partial charge in [0.2, 0.25) is 0 Å². The van der Waals surface area contributed by atoms with E-state index in [4.69, 9.17) is 11.5 Å². The minimum atomic E-state index is 0. The molecule has 2 nitrogen and oxygen atoms in total. The highest BCUT2D eigenvalue weighted by molar-refractivity contribution is 5.85. The van der Waals surface area contributed by atoms with Crippen molar-refractivity contribution < 1.29 is 0 Å². The molecule has 0 saturated carbocycles. The van der Waals surface area contributed by atoms with E-state index in [1.807, 2.05) is 0 Å². The molecule has 1 aromatic rings. The zero-order chi connectivity index (χ0) is 10.6. The van der Waals surface area contributed by atoms with Crippen molar-refractivity contribution in [1.82, 2.24) is 0 Å². The van der Waals surface area contributed by atoms with Crippen LogP contribution in [0.25, 0.3) is 0 Å². The van der Waals surface area contributed by atoms with Crippen LogP contribution in [-0.2, 0) is 0 Å². The minimum absolute atomic E-state index is 0. The van der Waals surface area contributed by atoms with E-state index >= 15 is 0 Å². The van der Waals surface area contributed by atoms with Gasteiger partial charge in [0.15, 0.2) is 0 Å². The van der Waals surface area contributed by atoms with E-state index in [9.17, 15) is 0 Å². The molecule has 2 atom stereocenters. The number of hydrogen-bond donors (Lipinski definition) is 2. The number of hydrogen-bond acceptors (Lipinski definition) is 2. The summed E-state index contributed by atoms with van der Waals surface area (Å²) in [6.45, 7) is 5.68. The van der Waals surface area contributed by atoms with Crippen molar-refractivity contribution in [2.24, 2.45) is 11.5 Å². The van der Waals surface area contributed by atoms with Crippen LogP contribution in [0.2, 0.25) is 0 Å². The highest BCUT2D eigenvalue weighted by Gasteiger charge is 2.05. The summed E-state index contributed by atoms with van der Waals surface area (Å²) >= 11 is 0. The number of halogens is 2. The second kappa shape index (κ2) is 8.82. The van der Waals surface area contributed by atoms with Gasteiger partial charge in [0.05, 0.1) is 0 Å². The van der Waals surface area contributed by atoms with Crippen molar-refractivity contribution in [2.75, 3.05) is 13.1 Å². The maximum atomic E-state index is 5.61. The van der Waals surface area contributed by atoms with Crippen molar-refractivity contribution in [3.8, 4) is 0 Å². The molecule has 2 unspecified atom stereocenters. The summed E-state index contributed by atoms with van der Waals surface area (Å²) in [6.07, 6.45) is 0. The number of benzene rings is 1. The van der Waals surface area contributed by atoms with Gasteiger partial charge in [0, 0.05) is 0 Å². The largest absolute Gasteiger partial charge is 0.330 e. The first-order valence-corrected chi connectivity index (χ1v) is 5.19. The van der Waals surface area contributed by atoms with E-state index in [2.05, 4.69) is 38.1 Å². The van der Waals surface area contributed by atoms with Crippen LogP contribution in [0.15, 0.2) is 24.3 Å². The Morgan fingerprint density at radius 2 is 1.06 bits per heavy atom. The van der Waals surface area contributed by atoms with Crippen LogP contribution in [0.3, 0.4) is 0 Å². The Labute approximate surface area is 111 Å². The molecule has 0 aromatic heterocycles. The Hall–Kier alpha value is -0.280. The smallest absolute Gasteiger partial charge is 0.00109 e.